The van der Waals surface area contributed by atoms with Gasteiger partial charge in [0, 0.05) is 65.6 Å². The van der Waals surface area contributed by atoms with Crippen molar-refractivity contribution in [2.24, 2.45) is 19.2 Å². The van der Waals surface area contributed by atoms with E-state index in [1.165, 1.54) is 5.56 Å². The molecule has 3 heterocycles. The van der Waals surface area contributed by atoms with Crippen molar-refractivity contribution in [1.29, 1.82) is 0 Å². The number of carbonyl (C=O) groups excluding carboxylic acids is 1. The van der Waals surface area contributed by atoms with E-state index in [1.54, 1.807) is 10.8 Å². The van der Waals surface area contributed by atoms with Crippen LogP contribution in [0.5, 0.6) is 17.2 Å². The number of hydrogen-bond donors (Lipinski definition) is 3. The maximum atomic E-state index is 12.9. The fourth-order valence-corrected chi connectivity index (χ4v) is 9.02. The van der Waals surface area contributed by atoms with E-state index >= 15 is 0 Å². The molecular weight excluding hydrogens is 937 g/mol. The number of hydrogen-bond acceptors (Lipinski definition) is 7. The van der Waals surface area contributed by atoms with Crippen LogP contribution in [0.4, 0.5) is 10.5 Å². The first kappa shape index (κ1) is 50.8. The number of ether oxygens (including phenoxy) is 3. The number of aromatic amines is 1. The summed E-state index contributed by atoms with van der Waals surface area (Å²) < 4.78 is 24.5. The van der Waals surface area contributed by atoms with Gasteiger partial charge in [-0.05, 0) is 119 Å². The monoisotopic (exact) mass is 998 g/mol. The summed E-state index contributed by atoms with van der Waals surface area (Å²) in [6, 6.07) is 53.5. The van der Waals surface area contributed by atoms with Crippen LogP contribution in [-0.2, 0) is 33.9 Å². The number of aromatic nitrogens is 5. The molecule has 3 aromatic heterocycles. The Bertz CT molecular complexity index is 3650. The van der Waals surface area contributed by atoms with Crippen LogP contribution < -0.4 is 30.6 Å². The fraction of sp³-hybridized carbons (Fsp3) is 0.194. The minimum absolute atomic E-state index is 0.195. The number of carbonyl (C=O) groups is 1. The van der Waals surface area contributed by atoms with Gasteiger partial charge in [-0.1, -0.05) is 119 Å². The highest BCUT2D eigenvalue weighted by atomic mass is 16.5. The topological polar surface area (TPSA) is 142 Å². The number of aryl methyl sites for hydroxylation is 3. The Labute approximate surface area is 437 Å². The van der Waals surface area contributed by atoms with Gasteiger partial charge in [0.15, 0.2) is 5.82 Å². The molecule has 75 heavy (non-hydrogen) atoms. The van der Waals surface area contributed by atoms with Crippen LogP contribution >= 0.6 is 0 Å². The van der Waals surface area contributed by atoms with Crippen LogP contribution in [0.15, 0.2) is 186 Å². The predicted molar refractivity (Wildman–Crippen MR) is 300 cm³/mol. The number of H-pyrrole nitrogens is 1. The summed E-state index contributed by atoms with van der Waals surface area (Å²) in [5, 5.41) is 16.3. The van der Waals surface area contributed by atoms with Gasteiger partial charge in [0.1, 0.15) is 37.1 Å². The highest BCUT2D eigenvalue weighted by molar-refractivity contribution is 5.94. The maximum absolute atomic E-state index is 12.9. The van der Waals surface area contributed by atoms with E-state index in [1.807, 2.05) is 183 Å². The van der Waals surface area contributed by atoms with Crippen LogP contribution in [0.2, 0.25) is 0 Å². The zero-order valence-electron chi connectivity index (χ0n) is 43.4. The van der Waals surface area contributed by atoms with Crippen molar-refractivity contribution in [3.8, 4) is 34.3 Å². The lowest BCUT2D eigenvalue weighted by molar-refractivity contribution is 0.252. The summed E-state index contributed by atoms with van der Waals surface area (Å²) in [6.07, 6.45) is 5.60. The van der Waals surface area contributed by atoms with E-state index in [9.17, 15) is 9.59 Å². The number of nitrogens with one attached hydrogen (secondary N) is 3. The first-order valence-corrected chi connectivity index (χ1v) is 25.1. The molecule has 10 aromatic rings. The number of urea groups is 1. The molecule has 0 bridgehead atoms. The van der Waals surface area contributed by atoms with Crippen LogP contribution in [0, 0.1) is 6.92 Å². The molecule has 0 atom stereocenters. The van der Waals surface area contributed by atoms with Crippen LogP contribution in [0.1, 0.15) is 78.5 Å². The van der Waals surface area contributed by atoms with Gasteiger partial charge in [-0.3, -0.25) is 0 Å². The highest BCUT2D eigenvalue weighted by Gasteiger charge is 2.21. The second-order valence-electron chi connectivity index (χ2n) is 19.1. The van der Waals surface area contributed by atoms with Crippen LogP contribution in [0.25, 0.3) is 38.9 Å². The Kier molecular flexibility index (Phi) is 15.7. The molecule has 13 nitrogen and oxygen atoms in total. The first-order chi connectivity index (χ1) is 36.4. The molecule has 380 valence electrons. The third kappa shape index (κ3) is 12.2. The van der Waals surface area contributed by atoms with E-state index in [-0.39, 0.29) is 11.6 Å². The number of fused-ring (bicyclic) bond motifs is 2. The number of anilines is 1. The Hall–Kier alpha value is -9.10. The molecule has 3 N–H and O–H groups in total. The van der Waals surface area contributed by atoms with Crippen molar-refractivity contribution in [2.75, 3.05) is 5.32 Å². The SMILES string of the molecule is CC(C)c1cc(/C=N\NC(=O)Nc2ccc3c(ccn3C)c2)c(OCc2ccccc2)cc1OCc1ccccc1.Cc1cc(OCc2ccccc2)c(-c2n[nH]c(=O)n2-c2ccc3c(ccn3C)c2)cc1C(C)C. The third-order valence-corrected chi connectivity index (χ3v) is 13.0. The van der Waals surface area contributed by atoms with E-state index in [0.717, 1.165) is 72.2 Å². The lowest BCUT2D eigenvalue weighted by atomic mass is 9.95. The average Bonchev–Trinajstić information content (AvgIpc) is 4.12. The summed E-state index contributed by atoms with van der Waals surface area (Å²) in [5.74, 6) is 3.12. The second-order valence-corrected chi connectivity index (χ2v) is 19.1. The molecule has 13 heteroatoms. The minimum Gasteiger partial charge on any atom is -0.488 e. The Morgan fingerprint density at radius 2 is 1.17 bits per heavy atom. The van der Waals surface area contributed by atoms with Gasteiger partial charge in [-0.15, -0.1) is 0 Å². The third-order valence-electron chi connectivity index (χ3n) is 13.0. The highest BCUT2D eigenvalue weighted by Crippen LogP contribution is 2.37. The molecule has 0 saturated carbocycles. The lowest BCUT2D eigenvalue weighted by Crippen LogP contribution is -2.24. The molecule has 2 amide bonds. The Morgan fingerprint density at radius 1 is 0.627 bits per heavy atom. The molecule has 10 rings (SSSR count). The van der Waals surface area contributed by atoms with E-state index in [0.29, 0.717) is 48.7 Å². The van der Waals surface area contributed by atoms with Gasteiger partial charge in [0.25, 0.3) is 0 Å². The van der Waals surface area contributed by atoms with Crippen molar-refractivity contribution >= 4 is 39.7 Å². The number of amides is 2. The molecule has 0 fully saturated rings. The summed E-state index contributed by atoms with van der Waals surface area (Å²) in [6.45, 7) is 11.9. The van der Waals surface area contributed by atoms with Crippen molar-refractivity contribution in [3.63, 3.8) is 0 Å². The van der Waals surface area contributed by atoms with E-state index < -0.39 is 6.03 Å². The zero-order chi connectivity index (χ0) is 52.4. The summed E-state index contributed by atoms with van der Waals surface area (Å²) >= 11 is 0. The average molecular weight is 999 g/mol. The zero-order valence-corrected chi connectivity index (χ0v) is 43.4. The normalized spacial score (nSPS) is 11.3. The molecule has 0 spiro atoms. The number of rotatable bonds is 16. The second kappa shape index (κ2) is 23.2. The molecular formula is C62H62N8O5. The van der Waals surface area contributed by atoms with Crippen molar-refractivity contribution in [1.82, 2.24) is 29.3 Å². The molecule has 0 aliphatic heterocycles. The summed E-state index contributed by atoms with van der Waals surface area (Å²) in [5.41, 5.74) is 14.0. The Morgan fingerprint density at radius 3 is 1.76 bits per heavy atom. The number of benzene rings is 7. The predicted octanol–water partition coefficient (Wildman–Crippen LogP) is 13.3. The van der Waals surface area contributed by atoms with Crippen molar-refractivity contribution in [2.45, 2.75) is 66.3 Å². The molecule has 7 aromatic carbocycles. The smallest absolute Gasteiger partial charge is 0.348 e. The van der Waals surface area contributed by atoms with Crippen molar-refractivity contribution in [3.05, 3.63) is 226 Å². The number of nitrogens with zero attached hydrogens (tertiary/aromatic N) is 5. The Balaban J connectivity index is 0.000000187. The molecule has 0 saturated heterocycles. The van der Waals surface area contributed by atoms with Crippen LogP contribution in [0.3, 0.4) is 0 Å². The van der Waals surface area contributed by atoms with Gasteiger partial charge < -0.3 is 28.7 Å². The van der Waals surface area contributed by atoms with Gasteiger partial charge in [-0.25, -0.2) is 24.7 Å². The van der Waals surface area contributed by atoms with Gasteiger partial charge in [-0.2, -0.15) is 10.2 Å². The van der Waals surface area contributed by atoms with Gasteiger partial charge in [0.05, 0.1) is 17.5 Å². The molecule has 0 aliphatic rings. The quantitative estimate of drug-likeness (QED) is 0.0650. The van der Waals surface area contributed by atoms with E-state index in [2.05, 4.69) is 77.4 Å². The lowest BCUT2D eigenvalue weighted by Gasteiger charge is -2.18. The first-order valence-electron chi connectivity index (χ1n) is 25.1. The summed E-state index contributed by atoms with van der Waals surface area (Å²) in [7, 11) is 3.99. The molecule has 0 aliphatic carbocycles. The van der Waals surface area contributed by atoms with E-state index in [4.69, 9.17) is 14.2 Å². The fourth-order valence-electron chi connectivity index (χ4n) is 9.02. The van der Waals surface area contributed by atoms with Crippen LogP contribution in [-0.4, -0.2) is 36.1 Å². The summed E-state index contributed by atoms with van der Waals surface area (Å²) in [4.78, 5) is 25.5. The maximum Gasteiger partial charge on any atom is 0.348 e. The number of hydrazone groups is 1. The van der Waals surface area contributed by atoms with Gasteiger partial charge in [0.2, 0.25) is 0 Å². The largest absolute Gasteiger partial charge is 0.488 e. The molecule has 0 radical (unpaired) electrons. The van der Waals surface area contributed by atoms with Gasteiger partial charge >= 0.3 is 11.7 Å². The minimum atomic E-state index is -0.435. The van der Waals surface area contributed by atoms with Crippen molar-refractivity contribution < 1.29 is 19.0 Å². The molecule has 0 unspecified atom stereocenters. The standard InChI is InChI=1S/C34H34N4O3.C28H28N4O2/c1-24(2)30-19-28(21-35-37-34(39)36-29-14-15-31-27(18-29)16-17-38(31)3)32(40-22-25-10-6-4-7-11-25)20-33(30)41-23-26-12-8-5-9-13-26;1-18(2)23-16-24(26(14-19(23)3)34-17-20-8-6-5-7-9-20)27-29-30-28(33)32(27)22-10-11-25-21(15-22)12-13-31(25)4/h4-21,24H,22-23H2,1-3H3,(H2,36,37,39);5-16,18H,17H2,1-4H3,(H,30,33)/b35-21-;.